The molecule has 0 saturated carbocycles. The Labute approximate surface area is 115 Å². The van der Waals surface area contributed by atoms with Crippen molar-refractivity contribution in [2.75, 3.05) is 0 Å². The first-order chi connectivity index (χ1) is 9.74. The second kappa shape index (κ2) is 5.09. The SMILES string of the molecule is O=C(O)C1=COC(c2ccc(-c3ccccc3)cc2)O1. The van der Waals surface area contributed by atoms with Crippen LogP contribution in [0, 0.1) is 0 Å². The third-order valence-electron chi connectivity index (χ3n) is 3.03. The molecule has 1 atom stereocenters. The molecular weight excluding hydrogens is 256 g/mol. The van der Waals surface area contributed by atoms with Gasteiger partial charge in [-0.1, -0.05) is 54.6 Å². The van der Waals surface area contributed by atoms with E-state index in [0.29, 0.717) is 0 Å². The zero-order valence-corrected chi connectivity index (χ0v) is 10.5. The van der Waals surface area contributed by atoms with Crippen molar-refractivity contribution in [3.8, 4) is 11.1 Å². The zero-order chi connectivity index (χ0) is 13.9. The molecule has 1 unspecified atom stereocenters. The summed E-state index contributed by atoms with van der Waals surface area (Å²) in [5.41, 5.74) is 2.98. The molecular formula is C16H12O4. The number of hydrogen-bond donors (Lipinski definition) is 1. The largest absolute Gasteiger partial charge is 0.475 e. The van der Waals surface area contributed by atoms with Crippen LogP contribution >= 0.6 is 0 Å². The van der Waals surface area contributed by atoms with Gasteiger partial charge in [-0.2, -0.15) is 0 Å². The van der Waals surface area contributed by atoms with Crippen LogP contribution in [0.4, 0.5) is 0 Å². The van der Waals surface area contributed by atoms with Gasteiger partial charge < -0.3 is 14.6 Å². The van der Waals surface area contributed by atoms with E-state index in [2.05, 4.69) is 0 Å². The summed E-state index contributed by atoms with van der Waals surface area (Å²) < 4.78 is 10.4. The van der Waals surface area contributed by atoms with E-state index in [9.17, 15) is 4.79 Å². The summed E-state index contributed by atoms with van der Waals surface area (Å²) in [7, 11) is 0. The van der Waals surface area contributed by atoms with E-state index in [4.69, 9.17) is 14.6 Å². The van der Waals surface area contributed by atoms with E-state index in [1.54, 1.807) is 0 Å². The molecule has 1 heterocycles. The highest BCUT2D eigenvalue weighted by atomic mass is 16.7. The number of carboxylic acids is 1. The predicted octanol–water partition coefficient (Wildman–Crippen LogP) is 3.33. The molecule has 2 aromatic carbocycles. The molecule has 0 spiro atoms. The number of carbonyl (C=O) groups is 1. The minimum Gasteiger partial charge on any atom is -0.475 e. The van der Waals surface area contributed by atoms with Gasteiger partial charge >= 0.3 is 5.97 Å². The topological polar surface area (TPSA) is 55.8 Å². The molecule has 0 amide bonds. The van der Waals surface area contributed by atoms with E-state index in [0.717, 1.165) is 23.0 Å². The Balaban J connectivity index is 1.77. The van der Waals surface area contributed by atoms with Gasteiger partial charge in [0.2, 0.25) is 5.76 Å². The smallest absolute Gasteiger partial charge is 0.374 e. The molecule has 0 aromatic heterocycles. The first kappa shape index (κ1) is 12.3. The average Bonchev–Trinajstić information content (AvgIpc) is 2.98. The van der Waals surface area contributed by atoms with Crippen LogP contribution in [0.3, 0.4) is 0 Å². The molecule has 0 fully saturated rings. The second-order valence-electron chi connectivity index (χ2n) is 4.36. The fraction of sp³-hybridized carbons (Fsp3) is 0.0625. The minimum atomic E-state index is -1.13. The highest BCUT2D eigenvalue weighted by Gasteiger charge is 2.25. The van der Waals surface area contributed by atoms with Gasteiger partial charge in [0.05, 0.1) is 0 Å². The molecule has 3 rings (SSSR count). The number of carboxylic acid groups (broad SMARTS) is 1. The molecule has 1 aliphatic heterocycles. The third-order valence-corrected chi connectivity index (χ3v) is 3.03. The van der Waals surface area contributed by atoms with Gasteiger partial charge in [0.15, 0.2) is 0 Å². The van der Waals surface area contributed by atoms with E-state index in [-0.39, 0.29) is 5.76 Å². The maximum Gasteiger partial charge on any atom is 0.374 e. The van der Waals surface area contributed by atoms with Gasteiger partial charge in [-0.3, -0.25) is 0 Å². The normalized spacial score (nSPS) is 17.0. The summed E-state index contributed by atoms with van der Waals surface area (Å²) in [5, 5.41) is 8.80. The fourth-order valence-corrected chi connectivity index (χ4v) is 2.01. The van der Waals surface area contributed by atoms with Crippen molar-refractivity contribution < 1.29 is 19.4 Å². The molecule has 20 heavy (non-hydrogen) atoms. The molecule has 1 aliphatic rings. The molecule has 0 bridgehead atoms. The summed E-state index contributed by atoms with van der Waals surface area (Å²) in [6.45, 7) is 0. The quantitative estimate of drug-likeness (QED) is 0.927. The Hall–Kier alpha value is -2.75. The van der Waals surface area contributed by atoms with Crippen molar-refractivity contribution in [3.63, 3.8) is 0 Å². The van der Waals surface area contributed by atoms with Gasteiger partial charge in [-0.15, -0.1) is 0 Å². The van der Waals surface area contributed by atoms with E-state index in [1.807, 2.05) is 54.6 Å². The third kappa shape index (κ3) is 2.36. The molecule has 0 aliphatic carbocycles. The van der Waals surface area contributed by atoms with Crippen molar-refractivity contribution in [2.24, 2.45) is 0 Å². The van der Waals surface area contributed by atoms with Crippen LogP contribution in [0.15, 0.2) is 66.6 Å². The van der Waals surface area contributed by atoms with E-state index in [1.165, 1.54) is 0 Å². The van der Waals surface area contributed by atoms with Crippen molar-refractivity contribution in [1.29, 1.82) is 0 Å². The molecule has 1 N–H and O–H groups in total. The zero-order valence-electron chi connectivity index (χ0n) is 10.5. The Morgan fingerprint density at radius 3 is 2.20 bits per heavy atom. The van der Waals surface area contributed by atoms with Gasteiger partial charge in [-0.05, 0) is 11.1 Å². The van der Waals surface area contributed by atoms with Crippen molar-refractivity contribution in [1.82, 2.24) is 0 Å². The first-order valence-electron chi connectivity index (χ1n) is 6.15. The average molecular weight is 268 g/mol. The summed E-state index contributed by atoms with van der Waals surface area (Å²) in [6, 6.07) is 17.6. The number of benzene rings is 2. The lowest BCUT2D eigenvalue weighted by molar-refractivity contribution is -0.139. The fourth-order valence-electron chi connectivity index (χ4n) is 2.01. The van der Waals surface area contributed by atoms with Crippen LogP contribution in [0.2, 0.25) is 0 Å². The summed E-state index contributed by atoms with van der Waals surface area (Å²) in [6.07, 6.45) is 0.434. The summed E-state index contributed by atoms with van der Waals surface area (Å²) in [5.74, 6) is -1.31. The van der Waals surface area contributed by atoms with Crippen molar-refractivity contribution >= 4 is 5.97 Å². The van der Waals surface area contributed by atoms with Crippen LogP contribution < -0.4 is 0 Å². The molecule has 4 heteroatoms. The Bertz CT molecular complexity index is 644. The van der Waals surface area contributed by atoms with Crippen LogP contribution in [0.1, 0.15) is 11.9 Å². The van der Waals surface area contributed by atoms with Gasteiger partial charge in [0.25, 0.3) is 6.29 Å². The lowest BCUT2D eigenvalue weighted by Gasteiger charge is -2.11. The molecule has 2 aromatic rings. The van der Waals surface area contributed by atoms with Crippen LogP contribution in [-0.2, 0) is 14.3 Å². The van der Waals surface area contributed by atoms with Gasteiger partial charge in [0.1, 0.15) is 6.26 Å². The molecule has 0 radical (unpaired) electrons. The van der Waals surface area contributed by atoms with Crippen LogP contribution in [0.25, 0.3) is 11.1 Å². The van der Waals surface area contributed by atoms with E-state index >= 15 is 0 Å². The van der Waals surface area contributed by atoms with Crippen LogP contribution in [0.5, 0.6) is 0 Å². The maximum absolute atomic E-state index is 10.7. The number of hydrogen-bond acceptors (Lipinski definition) is 3. The highest BCUT2D eigenvalue weighted by Crippen LogP contribution is 2.30. The van der Waals surface area contributed by atoms with Crippen molar-refractivity contribution in [3.05, 3.63) is 72.2 Å². The second-order valence-corrected chi connectivity index (χ2v) is 4.36. The van der Waals surface area contributed by atoms with Crippen LogP contribution in [-0.4, -0.2) is 11.1 Å². The monoisotopic (exact) mass is 268 g/mol. The molecule has 0 saturated heterocycles. The minimum absolute atomic E-state index is 0.179. The Morgan fingerprint density at radius 1 is 0.950 bits per heavy atom. The van der Waals surface area contributed by atoms with Gasteiger partial charge in [0, 0.05) is 5.56 Å². The first-order valence-corrected chi connectivity index (χ1v) is 6.15. The summed E-state index contributed by atoms with van der Waals surface area (Å²) >= 11 is 0. The maximum atomic E-state index is 10.7. The Morgan fingerprint density at radius 2 is 1.60 bits per heavy atom. The predicted molar refractivity (Wildman–Crippen MR) is 72.5 cm³/mol. The lowest BCUT2D eigenvalue weighted by atomic mass is 10.0. The summed E-state index contributed by atoms with van der Waals surface area (Å²) in [4.78, 5) is 10.7. The van der Waals surface area contributed by atoms with E-state index < -0.39 is 12.3 Å². The highest BCUT2D eigenvalue weighted by molar-refractivity contribution is 5.84. The number of ether oxygens (including phenoxy) is 2. The number of rotatable bonds is 3. The molecule has 100 valence electrons. The number of aliphatic carboxylic acids is 1. The van der Waals surface area contributed by atoms with Crippen molar-refractivity contribution in [2.45, 2.75) is 6.29 Å². The molecule has 4 nitrogen and oxygen atoms in total. The standard InChI is InChI=1S/C16H12O4/c17-15(18)14-10-19-16(20-14)13-8-6-12(7-9-13)11-4-2-1-3-5-11/h1-10,16H,(H,17,18). The van der Waals surface area contributed by atoms with Gasteiger partial charge in [-0.25, -0.2) is 4.79 Å². The Kier molecular flexibility index (Phi) is 3.13. The lowest BCUT2D eigenvalue weighted by Crippen LogP contribution is -2.04.